The van der Waals surface area contributed by atoms with Crippen molar-refractivity contribution in [1.29, 1.82) is 0 Å². The van der Waals surface area contributed by atoms with Crippen molar-refractivity contribution in [2.45, 2.75) is 32.3 Å². The van der Waals surface area contributed by atoms with Crippen LogP contribution in [0.25, 0.3) is 0 Å². The lowest BCUT2D eigenvalue weighted by Gasteiger charge is -2.29. The molecule has 1 aliphatic carbocycles. The summed E-state index contributed by atoms with van der Waals surface area (Å²) in [6.07, 6.45) is 2.75. The maximum absolute atomic E-state index is 12.4. The lowest BCUT2D eigenvalue weighted by Crippen LogP contribution is -2.38. The molecular formula is C18H25NO4. The number of carboxylic acids is 1. The first-order chi connectivity index (χ1) is 11.1. The van der Waals surface area contributed by atoms with Crippen molar-refractivity contribution in [2.75, 3.05) is 20.2 Å². The van der Waals surface area contributed by atoms with Gasteiger partial charge in [-0.15, -0.1) is 0 Å². The molecule has 0 saturated heterocycles. The Hall–Kier alpha value is -1.88. The maximum atomic E-state index is 12.4. The molecule has 23 heavy (non-hydrogen) atoms. The van der Waals surface area contributed by atoms with E-state index in [9.17, 15) is 9.59 Å². The lowest BCUT2D eigenvalue weighted by molar-refractivity contribution is -0.145. The minimum Gasteiger partial charge on any atom is -0.481 e. The Morgan fingerprint density at radius 3 is 2.61 bits per heavy atom. The second kappa shape index (κ2) is 8.67. The van der Waals surface area contributed by atoms with Crippen molar-refractivity contribution in [3.05, 3.63) is 35.9 Å². The fourth-order valence-electron chi connectivity index (χ4n) is 3.03. The zero-order chi connectivity index (χ0) is 16.7. The first kappa shape index (κ1) is 17.5. The minimum absolute atomic E-state index is 0.0410. The molecular weight excluding hydrogens is 294 g/mol. The molecule has 0 bridgehead atoms. The molecule has 1 saturated carbocycles. The van der Waals surface area contributed by atoms with E-state index >= 15 is 0 Å². The zero-order valence-electron chi connectivity index (χ0n) is 13.6. The summed E-state index contributed by atoms with van der Waals surface area (Å²) in [6.45, 7) is 1.54. The Labute approximate surface area is 137 Å². The summed E-state index contributed by atoms with van der Waals surface area (Å²) in [5, 5.41) is 9.11. The summed E-state index contributed by atoms with van der Waals surface area (Å²) in [7, 11) is 1.76. The number of likely N-dealkylation sites (N-methyl/N-ethyl adjacent to an activating group) is 1. The molecule has 1 amide bonds. The van der Waals surface area contributed by atoms with Crippen LogP contribution in [-0.2, 0) is 20.9 Å². The van der Waals surface area contributed by atoms with Crippen molar-refractivity contribution < 1.29 is 19.4 Å². The number of carbonyl (C=O) groups is 2. The Morgan fingerprint density at radius 1 is 1.22 bits per heavy atom. The van der Waals surface area contributed by atoms with Gasteiger partial charge in [0, 0.05) is 19.5 Å². The van der Waals surface area contributed by atoms with Gasteiger partial charge >= 0.3 is 5.97 Å². The number of hydrogen-bond acceptors (Lipinski definition) is 3. The molecule has 2 unspecified atom stereocenters. The average molecular weight is 319 g/mol. The van der Waals surface area contributed by atoms with Crippen LogP contribution in [0.4, 0.5) is 0 Å². The molecule has 126 valence electrons. The van der Waals surface area contributed by atoms with Crippen molar-refractivity contribution in [3.63, 3.8) is 0 Å². The van der Waals surface area contributed by atoms with Crippen LogP contribution < -0.4 is 0 Å². The summed E-state index contributed by atoms with van der Waals surface area (Å²) >= 11 is 0. The number of hydrogen-bond donors (Lipinski definition) is 1. The minimum atomic E-state index is -0.781. The van der Waals surface area contributed by atoms with Crippen molar-refractivity contribution in [3.8, 4) is 0 Å². The molecule has 1 N–H and O–H groups in total. The van der Waals surface area contributed by atoms with Gasteiger partial charge in [0.05, 0.1) is 19.1 Å². The van der Waals surface area contributed by atoms with Gasteiger partial charge in [0.25, 0.3) is 0 Å². The fraction of sp³-hybridized carbons (Fsp3) is 0.556. The summed E-state index contributed by atoms with van der Waals surface area (Å²) in [5.41, 5.74) is 1.11. The predicted octanol–water partition coefficient (Wildman–Crippen LogP) is 2.55. The molecule has 2 atom stereocenters. The van der Waals surface area contributed by atoms with E-state index in [1.54, 1.807) is 11.9 Å². The van der Waals surface area contributed by atoms with Gasteiger partial charge in [0.2, 0.25) is 5.91 Å². The number of amides is 1. The molecule has 0 aliphatic heterocycles. The predicted molar refractivity (Wildman–Crippen MR) is 86.8 cm³/mol. The van der Waals surface area contributed by atoms with Crippen LogP contribution in [0.5, 0.6) is 0 Å². The van der Waals surface area contributed by atoms with Gasteiger partial charge in [-0.05, 0) is 24.8 Å². The van der Waals surface area contributed by atoms with Crippen molar-refractivity contribution >= 4 is 11.9 Å². The van der Waals surface area contributed by atoms with Gasteiger partial charge in [-0.25, -0.2) is 0 Å². The normalized spacial score (nSPS) is 20.9. The van der Waals surface area contributed by atoms with E-state index in [0.29, 0.717) is 32.6 Å². The van der Waals surface area contributed by atoms with Crippen LogP contribution in [0.2, 0.25) is 0 Å². The van der Waals surface area contributed by atoms with Crippen LogP contribution in [0.1, 0.15) is 31.2 Å². The molecule has 0 spiro atoms. The van der Waals surface area contributed by atoms with Crippen LogP contribution in [-0.4, -0.2) is 42.1 Å². The summed E-state index contributed by atoms with van der Waals surface area (Å²) < 4.78 is 5.60. The smallest absolute Gasteiger partial charge is 0.306 e. The Kier molecular flexibility index (Phi) is 6.59. The highest BCUT2D eigenvalue weighted by molar-refractivity contribution is 5.80. The molecule has 1 aliphatic rings. The second-order valence-corrected chi connectivity index (χ2v) is 6.20. The van der Waals surface area contributed by atoms with Gasteiger partial charge < -0.3 is 14.7 Å². The Bertz CT molecular complexity index is 517. The average Bonchev–Trinajstić information content (AvgIpc) is 2.59. The van der Waals surface area contributed by atoms with Gasteiger partial charge in [-0.2, -0.15) is 0 Å². The molecule has 0 heterocycles. The van der Waals surface area contributed by atoms with Crippen LogP contribution in [0.3, 0.4) is 0 Å². The largest absolute Gasteiger partial charge is 0.481 e. The van der Waals surface area contributed by atoms with E-state index in [1.165, 1.54) is 0 Å². The maximum Gasteiger partial charge on any atom is 0.306 e. The summed E-state index contributed by atoms with van der Waals surface area (Å²) in [6, 6.07) is 9.91. The standard InChI is InChI=1S/C18H25NO4/c1-19(10-11-23-13-14-6-3-2-4-7-14)17(20)15-8-5-9-16(12-15)18(21)22/h2-4,6-7,15-16H,5,8-13H2,1H3,(H,21,22). The highest BCUT2D eigenvalue weighted by Gasteiger charge is 2.32. The van der Waals surface area contributed by atoms with E-state index in [2.05, 4.69) is 0 Å². The highest BCUT2D eigenvalue weighted by Crippen LogP contribution is 2.30. The van der Waals surface area contributed by atoms with Crippen LogP contribution >= 0.6 is 0 Å². The number of ether oxygens (including phenoxy) is 1. The summed E-state index contributed by atoms with van der Waals surface area (Å²) in [4.78, 5) is 25.2. The molecule has 1 fully saturated rings. The molecule has 1 aromatic carbocycles. The zero-order valence-corrected chi connectivity index (χ0v) is 13.6. The van der Waals surface area contributed by atoms with Gasteiger partial charge in [0.1, 0.15) is 0 Å². The Balaban J connectivity index is 1.71. The topological polar surface area (TPSA) is 66.8 Å². The highest BCUT2D eigenvalue weighted by atomic mass is 16.5. The fourth-order valence-corrected chi connectivity index (χ4v) is 3.03. The van der Waals surface area contributed by atoms with E-state index in [-0.39, 0.29) is 17.7 Å². The number of nitrogens with zero attached hydrogens (tertiary/aromatic N) is 1. The van der Waals surface area contributed by atoms with E-state index in [0.717, 1.165) is 18.4 Å². The van der Waals surface area contributed by atoms with Gasteiger partial charge in [-0.3, -0.25) is 9.59 Å². The van der Waals surface area contributed by atoms with E-state index in [1.807, 2.05) is 30.3 Å². The molecule has 0 radical (unpaired) electrons. The third kappa shape index (κ3) is 5.36. The van der Waals surface area contributed by atoms with Crippen LogP contribution in [0, 0.1) is 11.8 Å². The summed E-state index contributed by atoms with van der Waals surface area (Å²) in [5.74, 6) is -1.28. The van der Waals surface area contributed by atoms with Gasteiger partial charge in [-0.1, -0.05) is 36.8 Å². The van der Waals surface area contributed by atoms with Crippen molar-refractivity contribution in [1.82, 2.24) is 4.90 Å². The van der Waals surface area contributed by atoms with Gasteiger partial charge in [0.15, 0.2) is 0 Å². The second-order valence-electron chi connectivity index (χ2n) is 6.20. The first-order valence-electron chi connectivity index (χ1n) is 8.17. The number of rotatable bonds is 7. The number of aliphatic carboxylic acids is 1. The molecule has 2 rings (SSSR count). The van der Waals surface area contributed by atoms with E-state index in [4.69, 9.17) is 9.84 Å². The molecule has 0 aromatic heterocycles. The van der Waals surface area contributed by atoms with Crippen LogP contribution in [0.15, 0.2) is 30.3 Å². The molecule has 1 aromatic rings. The third-order valence-electron chi connectivity index (χ3n) is 4.43. The SMILES string of the molecule is CN(CCOCc1ccccc1)C(=O)C1CCCC(C(=O)O)C1. The molecule has 5 nitrogen and oxygen atoms in total. The Morgan fingerprint density at radius 2 is 1.91 bits per heavy atom. The lowest BCUT2D eigenvalue weighted by atomic mass is 9.81. The number of benzene rings is 1. The van der Waals surface area contributed by atoms with Crippen molar-refractivity contribution in [2.24, 2.45) is 11.8 Å². The third-order valence-corrected chi connectivity index (χ3v) is 4.43. The quantitative estimate of drug-likeness (QED) is 0.784. The monoisotopic (exact) mass is 319 g/mol. The molecule has 5 heteroatoms. The number of carboxylic acid groups (broad SMARTS) is 1. The first-order valence-corrected chi connectivity index (χ1v) is 8.17. The van der Waals surface area contributed by atoms with E-state index < -0.39 is 5.97 Å². The number of carbonyl (C=O) groups excluding carboxylic acids is 1.